The number of hydrogen-bond acceptors (Lipinski definition) is 4. The first-order valence-electron chi connectivity index (χ1n) is 7.52. The summed E-state index contributed by atoms with van der Waals surface area (Å²) in [6.45, 7) is 2.16. The van der Waals surface area contributed by atoms with Crippen LogP contribution in [0, 0.1) is 6.92 Å². The van der Waals surface area contributed by atoms with Gasteiger partial charge >= 0.3 is 0 Å². The lowest BCUT2D eigenvalue weighted by molar-refractivity contribution is -0.118. The number of anilines is 2. The molecule has 0 bridgehead atoms. The van der Waals surface area contributed by atoms with Crippen LogP contribution in [0.3, 0.4) is 0 Å². The highest BCUT2D eigenvalue weighted by Gasteiger charge is 2.27. The molecule has 1 aliphatic carbocycles. The van der Waals surface area contributed by atoms with Gasteiger partial charge in [-0.25, -0.2) is 0 Å². The maximum absolute atomic E-state index is 12.2. The second-order valence-electron chi connectivity index (χ2n) is 5.90. The molecule has 5 nitrogen and oxygen atoms in total. The Labute approximate surface area is 126 Å². The number of benzene rings is 1. The van der Waals surface area contributed by atoms with E-state index in [1.165, 1.54) is 0 Å². The van der Waals surface area contributed by atoms with Crippen LogP contribution in [0.1, 0.15) is 31.2 Å². The van der Waals surface area contributed by atoms with Gasteiger partial charge in [0.25, 0.3) is 0 Å². The van der Waals surface area contributed by atoms with Gasteiger partial charge in [0, 0.05) is 17.4 Å². The van der Waals surface area contributed by atoms with E-state index in [0.29, 0.717) is 5.69 Å². The van der Waals surface area contributed by atoms with E-state index >= 15 is 0 Å². The van der Waals surface area contributed by atoms with Crippen molar-refractivity contribution in [1.82, 2.24) is 4.90 Å². The van der Waals surface area contributed by atoms with Gasteiger partial charge < -0.3 is 16.2 Å². The molecule has 21 heavy (non-hydrogen) atoms. The Morgan fingerprint density at radius 2 is 2.14 bits per heavy atom. The van der Waals surface area contributed by atoms with Crippen LogP contribution in [-0.2, 0) is 4.79 Å². The number of carbonyl (C=O) groups is 1. The predicted molar refractivity (Wildman–Crippen MR) is 85.1 cm³/mol. The summed E-state index contributed by atoms with van der Waals surface area (Å²) in [6, 6.07) is 5.56. The molecule has 0 spiro atoms. The minimum atomic E-state index is -0.328. The van der Waals surface area contributed by atoms with E-state index in [9.17, 15) is 9.90 Å². The molecule has 116 valence electrons. The van der Waals surface area contributed by atoms with Crippen LogP contribution >= 0.6 is 0 Å². The van der Waals surface area contributed by atoms with Crippen molar-refractivity contribution < 1.29 is 9.90 Å². The maximum atomic E-state index is 12.2. The van der Waals surface area contributed by atoms with Crippen LogP contribution in [-0.4, -0.2) is 41.7 Å². The van der Waals surface area contributed by atoms with Crippen molar-refractivity contribution in [2.24, 2.45) is 0 Å². The number of amides is 1. The quantitative estimate of drug-likeness (QED) is 0.739. The van der Waals surface area contributed by atoms with Gasteiger partial charge in [0.05, 0.1) is 12.6 Å². The van der Waals surface area contributed by atoms with Crippen LogP contribution < -0.4 is 11.1 Å². The molecule has 2 rings (SSSR count). The number of rotatable bonds is 4. The minimum Gasteiger partial charge on any atom is -0.398 e. The number of aliphatic hydroxyl groups is 1. The Hall–Kier alpha value is -1.59. The molecule has 2 unspecified atom stereocenters. The zero-order valence-electron chi connectivity index (χ0n) is 12.8. The lowest BCUT2D eigenvalue weighted by atomic mass is 9.91. The Balaban J connectivity index is 1.93. The van der Waals surface area contributed by atoms with Crippen LogP contribution in [0.15, 0.2) is 18.2 Å². The number of nitrogen functional groups attached to an aromatic ring is 1. The molecule has 0 saturated heterocycles. The normalized spacial score (nSPS) is 22.3. The second-order valence-corrected chi connectivity index (χ2v) is 5.90. The van der Waals surface area contributed by atoms with Crippen LogP contribution in [0.5, 0.6) is 0 Å². The summed E-state index contributed by atoms with van der Waals surface area (Å²) in [6.07, 6.45) is 3.63. The maximum Gasteiger partial charge on any atom is 0.238 e. The van der Waals surface area contributed by atoms with Gasteiger partial charge in [0.1, 0.15) is 0 Å². The van der Waals surface area contributed by atoms with E-state index < -0.39 is 0 Å². The van der Waals surface area contributed by atoms with Gasteiger partial charge in [-0.15, -0.1) is 0 Å². The molecule has 1 amide bonds. The van der Waals surface area contributed by atoms with Crippen molar-refractivity contribution >= 4 is 17.3 Å². The molecule has 1 aliphatic rings. The summed E-state index contributed by atoms with van der Waals surface area (Å²) in [7, 11) is 1.89. The fraction of sp³-hybridized carbons (Fsp3) is 0.562. The van der Waals surface area contributed by atoms with Crippen molar-refractivity contribution in [1.29, 1.82) is 0 Å². The van der Waals surface area contributed by atoms with E-state index in [1.54, 1.807) is 0 Å². The Morgan fingerprint density at radius 3 is 2.86 bits per heavy atom. The van der Waals surface area contributed by atoms with Crippen molar-refractivity contribution in [2.45, 2.75) is 44.8 Å². The van der Waals surface area contributed by atoms with E-state index in [1.807, 2.05) is 37.1 Å². The minimum absolute atomic E-state index is 0.0754. The first kappa shape index (κ1) is 15.8. The van der Waals surface area contributed by atoms with E-state index in [4.69, 9.17) is 5.73 Å². The molecule has 5 heteroatoms. The SMILES string of the molecule is Cc1c(N)cccc1NC(=O)CN(C)C1CCCCC1O. The Kier molecular flexibility index (Phi) is 5.20. The summed E-state index contributed by atoms with van der Waals surface area (Å²) in [5.41, 5.74) is 8.14. The second kappa shape index (κ2) is 6.91. The smallest absolute Gasteiger partial charge is 0.238 e. The number of nitrogens with two attached hydrogens (primary N) is 1. The number of carbonyl (C=O) groups excluding carboxylic acids is 1. The number of nitrogens with one attached hydrogen (secondary N) is 1. The van der Waals surface area contributed by atoms with Gasteiger partial charge in [-0.1, -0.05) is 18.9 Å². The third-order valence-corrected chi connectivity index (χ3v) is 4.30. The number of nitrogens with zero attached hydrogens (tertiary/aromatic N) is 1. The number of likely N-dealkylation sites (N-methyl/N-ethyl adjacent to an activating group) is 1. The van der Waals surface area contributed by atoms with Gasteiger partial charge in [-0.05, 0) is 44.5 Å². The van der Waals surface area contributed by atoms with Crippen molar-refractivity contribution in [3.05, 3.63) is 23.8 Å². The monoisotopic (exact) mass is 291 g/mol. The topological polar surface area (TPSA) is 78.6 Å². The van der Waals surface area contributed by atoms with E-state index in [0.717, 1.165) is 36.9 Å². The number of aliphatic hydroxyl groups excluding tert-OH is 1. The standard InChI is InChI=1S/C16H25N3O2/c1-11-12(17)6-5-7-13(11)18-16(21)10-19(2)14-8-3-4-9-15(14)20/h5-7,14-15,20H,3-4,8-10,17H2,1-2H3,(H,18,21). The van der Waals surface area contributed by atoms with Gasteiger partial charge in [-0.2, -0.15) is 0 Å². The van der Waals surface area contributed by atoms with Crippen LogP contribution in [0.4, 0.5) is 11.4 Å². The highest BCUT2D eigenvalue weighted by Crippen LogP contribution is 2.23. The third-order valence-electron chi connectivity index (χ3n) is 4.30. The molecule has 1 aromatic carbocycles. The molecule has 0 aromatic heterocycles. The molecule has 2 atom stereocenters. The molecular weight excluding hydrogens is 266 g/mol. The van der Waals surface area contributed by atoms with Crippen molar-refractivity contribution in [3.8, 4) is 0 Å². The van der Waals surface area contributed by atoms with Gasteiger partial charge in [-0.3, -0.25) is 9.69 Å². The molecule has 1 saturated carbocycles. The zero-order chi connectivity index (χ0) is 15.4. The summed E-state index contributed by atoms with van der Waals surface area (Å²) in [4.78, 5) is 14.1. The Bertz CT molecular complexity index is 504. The summed E-state index contributed by atoms with van der Waals surface area (Å²) >= 11 is 0. The van der Waals surface area contributed by atoms with Crippen LogP contribution in [0.2, 0.25) is 0 Å². The van der Waals surface area contributed by atoms with E-state index in [2.05, 4.69) is 5.32 Å². The molecular formula is C16H25N3O2. The van der Waals surface area contributed by atoms with Crippen molar-refractivity contribution in [2.75, 3.05) is 24.6 Å². The van der Waals surface area contributed by atoms with E-state index in [-0.39, 0.29) is 24.6 Å². The summed E-state index contributed by atoms with van der Waals surface area (Å²) in [5, 5.41) is 12.9. The van der Waals surface area contributed by atoms with Crippen molar-refractivity contribution in [3.63, 3.8) is 0 Å². The molecule has 4 N–H and O–H groups in total. The molecule has 0 aliphatic heterocycles. The zero-order valence-corrected chi connectivity index (χ0v) is 12.8. The molecule has 0 heterocycles. The van der Waals surface area contributed by atoms with Crippen LogP contribution in [0.25, 0.3) is 0 Å². The number of hydrogen-bond donors (Lipinski definition) is 3. The lowest BCUT2D eigenvalue weighted by Crippen LogP contribution is -2.46. The first-order chi connectivity index (χ1) is 9.99. The fourth-order valence-corrected chi connectivity index (χ4v) is 2.93. The molecule has 1 aromatic rings. The third kappa shape index (κ3) is 3.95. The van der Waals surface area contributed by atoms with Gasteiger partial charge in [0.15, 0.2) is 0 Å². The summed E-state index contributed by atoms with van der Waals surface area (Å²) in [5.74, 6) is -0.0797. The molecule has 1 fully saturated rings. The lowest BCUT2D eigenvalue weighted by Gasteiger charge is -2.34. The predicted octanol–water partition coefficient (Wildman–Crippen LogP) is 1.75. The average molecular weight is 291 g/mol. The average Bonchev–Trinajstić information content (AvgIpc) is 2.44. The molecule has 0 radical (unpaired) electrons. The highest BCUT2D eigenvalue weighted by atomic mass is 16.3. The largest absolute Gasteiger partial charge is 0.398 e. The Morgan fingerprint density at radius 1 is 1.43 bits per heavy atom. The highest BCUT2D eigenvalue weighted by molar-refractivity contribution is 5.93. The fourth-order valence-electron chi connectivity index (χ4n) is 2.93. The first-order valence-corrected chi connectivity index (χ1v) is 7.52. The summed E-state index contributed by atoms with van der Waals surface area (Å²) < 4.78 is 0. The van der Waals surface area contributed by atoms with Gasteiger partial charge in [0.2, 0.25) is 5.91 Å².